The van der Waals surface area contributed by atoms with E-state index in [1.165, 1.54) is 22.1 Å². The molecule has 5 heteroatoms. The number of anilines is 1. The molecule has 150 valence electrons. The van der Waals surface area contributed by atoms with Crippen molar-refractivity contribution < 1.29 is 9.59 Å². The SMILES string of the molecule is Cc1ccc2[nH]cc(CCNC(=O)C3CC(=O)N(c4ccc(C)c(C)c4)C3)c2c1. The number of benzene rings is 2. The van der Waals surface area contributed by atoms with E-state index in [0.717, 1.165) is 23.2 Å². The van der Waals surface area contributed by atoms with Crippen LogP contribution >= 0.6 is 0 Å². The number of amides is 2. The molecular weight excluding hydrogens is 362 g/mol. The van der Waals surface area contributed by atoms with Gasteiger partial charge in [0, 0.05) is 42.3 Å². The standard InChI is InChI=1S/C24H27N3O2/c1-15-4-7-22-21(10-15)18(13-26-22)8-9-25-24(29)19-12-23(28)27(14-19)20-6-5-16(2)17(3)11-20/h4-7,10-11,13,19,26H,8-9,12,14H2,1-3H3,(H,25,29). The molecule has 2 aromatic carbocycles. The van der Waals surface area contributed by atoms with Crippen LogP contribution in [0.15, 0.2) is 42.6 Å². The first-order valence-electron chi connectivity index (χ1n) is 10.1. The second-order valence-corrected chi connectivity index (χ2v) is 8.08. The highest BCUT2D eigenvalue weighted by molar-refractivity contribution is 6.00. The van der Waals surface area contributed by atoms with Crippen LogP contribution in [-0.4, -0.2) is 29.9 Å². The molecule has 1 saturated heterocycles. The fourth-order valence-electron chi connectivity index (χ4n) is 3.99. The van der Waals surface area contributed by atoms with Crippen LogP contribution in [0.2, 0.25) is 0 Å². The highest BCUT2D eigenvalue weighted by Crippen LogP contribution is 2.27. The molecule has 2 heterocycles. The van der Waals surface area contributed by atoms with Crippen molar-refractivity contribution in [1.82, 2.24) is 10.3 Å². The summed E-state index contributed by atoms with van der Waals surface area (Å²) in [7, 11) is 0. The Morgan fingerprint density at radius 1 is 1.14 bits per heavy atom. The summed E-state index contributed by atoms with van der Waals surface area (Å²) < 4.78 is 0. The minimum Gasteiger partial charge on any atom is -0.361 e. The topological polar surface area (TPSA) is 65.2 Å². The van der Waals surface area contributed by atoms with Crippen molar-refractivity contribution in [3.05, 3.63) is 64.8 Å². The quantitative estimate of drug-likeness (QED) is 0.697. The van der Waals surface area contributed by atoms with Gasteiger partial charge in [0.1, 0.15) is 0 Å². The molecule has 0 spiro atoms. The molecule has 2 amide bonds. The van der Waals surface area contributed by atoms with Crippen LogP contribution in [0.4, 0.5) is 5.69 Å². The van der Waals surface area contributed by atoms with E-state index in [1.807, 2.05) is 31.3 Å². The maximum Gasteiger partial charge on any atom is 0.227 e. The molecule has 1 aromatic heterocycles. The lowest BCUT2D eigenvalue weighted by Gasteiger charge is -2.18. The number of rotatable bonds is 5. The van der Waals surface area contributed by atoms with E-state index in [9.17, 15) is 9.59 Å². The summed E-state index contributed by atoms with van der Waals surface area (Å²) in [6.07, 6.45) is 3.04. The Bertz CT molecular complexity index is 1080. The number of hydrogen-bond donors (Lipinski definition) is 2. The lowest BCUT2D eigenvalue weighted by molar-refractivity contribution is -0.126. The van der Waals surface area contributed by atoms with Gasteiger partial charge in [-0.05, 0) is 68.1 Å². The first-order chi connectivity index (χ1) is 13.9. The van der Waals surface area contributed by atoms with Gasteiger partial charge in [-0.1, -0.05) is 17.7 Å². The Morgan fingerprint density at radius 3 is 2.76 bits per heavy atom. The van der Waals surface area contributed by atoms with Gasteiger partial charge in [-0.2, -0.15) is 0 Å². The largest absolute Gasteiger partial charge is 0.361 e. The van der Waals surface area contributed by atoms with Gasteiger partial charge in [0.05, 0.1) is 5.92 Å². The van der Waals surface area contributed by atoms with Gasteiger partial charge in [-0.15, -0.1) is 0 Å². The second kappa shape index (κ2) is 7.74. The number of hydrogen-bond acceptors (Lipinski definition) is 2. The molecule has 0 aliphatic carbocycles. The molecule has 1 aliphatic heterocycles. The lowest BCUT2D eigenvalue weighted by Crippen LogP contribution is -2.34. The first kappa shape index (κ1) is 19.2. The van der Waals surface area contributed by atoms with E-state index in [1.54, 1.807) is 4.90 Å². The third-order valence-corrected chi connectivity index (χ3v) is 5.91. The summed E-state index contributed by atoms with van der Waals surface area (Å²) in [6.45, 7) is 7.18. The van der Waals surface area contributed by atoms with Crippen LogP contribution in [0.5, 0.6) is 0 Å². The number of carbonyl (C=O) groups excluding carboxylic acids is 2. The van der Waals surface area contributed by atoms with Crippen LogP contribution < -0.4 is 10.2 Å². The lowest BCUT2D eigenvalue weighted by atomic mass is 10.1. The molecule has 1 atom stereocenters. The molecule has 2 N–H and O–H groups in total. The van der Waals surface area contributed by atoms with E-state index >= 15 is 0 Å². The summed E-state index contributed by atoms with van der Waals surface area (Å²) in [4.78, 5) is 30.1. The number of fused-ring (bicyclic) bond motifs is 1. The molecule has 5 nitrogen and oxygen atoms in total. The van der Waals surface area contributed by atoms with Crippen molar-refractivity contribution in [1.29, 1.82) is 0 Å². The molecule has 0 saturated carbocycles. The van der Waals surface area contributed by atoms with E-state index in [0.29, 0.717) is 13.1 Å². The minimum absolute atomic E-state index is 0.0144. The Labute approximate surface area is 171 Å². The fourth-order valence-corrected chi connectivity index (χ4v) is 3.99. The van der Waals surface area contributed by atoms with Crippen molar-refractivity contribution >= 4 is 28.4 Å². The number of aromatic nitrogens is 1. The van der Waals surface area contributed by atoms with E-state index in [2.05, 4.69) is 42.3 Å². The summed E-state index contributed by atoms with van der Waals surface area (Å²) in [5.41, 5.74) is 6.76. The number of nitrogens with one attached hydrogen (secondary N) is 2. The second-order valence-electron chi connectivity index (χ2n) is 8.08. The van der Waals surface area contributed by atoms with Crippen LogP contribution in [0.3, 0.4) is 0 Å². The molecule has 3 aromatic rings. The molecule has 0 bridgehead atoms. The normalized spacial score (nSPS) is 16.6. The Balaban J connectivity index is 1.36. The third kappa shape index (κ3) is 3.90. The van der Waals surface area contributed by atoms with Crippen molar-refractivity contribution in [3.63, 3.8) is 0 Å². The number of nitrogens with zero attached hydrogens (tertiary/aromatic N) is 1. The van der Waals surface area contributed by atoms with Crippen LogP contribution in [0, 0.1) is 26.7 Å². The zero-order valence-electron chi connectivity index (χ0n) is 17.2. The molecular formula is C24H27N3O2. The van der Waals surface area contributed by atoms with Gasteiger partial charge in [0.2, 0.25) is 11.8 Å². The summed E-state index contributed by atoms with van der Waals surface area (Å²) in [5, 5.41) is 4.23. The Hall–Kier alpha value is -3.08. The highest BCUT2D eigenvalue weighted by Gasteiger charge is 2.35. The number of aromatic amines is 1. The first-order valence-corrected chi connectivity index (χ1v) is 10.1. The molecule has 1 fully saturated rings. The Morgan fingerprint density at radius 2 is 1.97 bits per heavy atom. The summed E-state index contributed by atoms with van der Waals surface area (Å²) in [6, 6.07) is 12.3. The van der Waals surface area contributed by atoms with Crippen LogP contribution in [-0.2, 0) is 16.0 Å². The fraction of sp³-hybridized carbons (Fsp3) is 0.333. The van der Waals surface area contributed by atoms with Gasteiger partial charge in [0.15, 0.2) is 0 Å². The number of carbonyl (C=O) groups is 2. The van der Waals surface area contributed by atoms with Gasteiger partial charge in [0.25, 0.3) is 0 Å². The molecule has 4 rings (SSSR count). The maximum absolute atomic E-state index is 12.6. The van der Waals surface area contributed by atoms with Crippen molar-refractivity contribution in [2.45, 2.75) is 33.6 Å². The molecule has 0 radical (unpaired) electrons. The zero-order chi connectivity index (χ0) is 20.5. The smallest absolute Gasteiger partial charge is 0.227 e. The van der Waals surface area contributed by atoms with Gasteiger partial charge in [-0.25, -0.2) is 0 Å². The van der Waals surface area contributed by atoms with Crippen molar-refractivity contribution in [2.75, 3.05) is 18.0 Å². The monoisotopic (exact) mass is 389 g/mol. The van der Waals surface area contributed by atoms with Crippen molar-refractivity contribution in [3.8, 4) is 0 Å². The van der Waals surface area contributed by atoms with E-state index < -0.39 is 0 Å². The van der Waals surface area contributed by atoms with Gasteiger partial charge < -0.3 is 15.2 Å². The average Bonchev–Trinajstić information content (AvgIpc) is 3.27. The third-order valence-electron chi connectivity index (χ3n) is 5.91. The van der Waals surface area contributed by atoms with Gasteiger partial charge in [-0.3, -0.25) is 9.59 Å². The van der Waals surface area contributed by atoms with Gasteiger partial charge >= 0.3 is 0 Å². The highest BCUT2D eigenvalue weighted by atomic mass is 16.2. The Kier molecular flexibility index (Phi) is 5.14. The zero-order valence-corrected chi connectivity index (χ0v) is 17.2. The summed E-state index contributed by atoms with van der Waals surface area (Å²) >= 11 is 0. The molecule has 1 unspecified atom stereocenters. The van der Waals surface area contributed by atoms with E-state index in [4.69, 9.17) is 0 Å². The maximum atomic E-state index is 12.6. The predicted molar refractivity (Wildman–Crippen MR) is 116 cm³/mol. The predicted octanol–water partition coefficient (Wildman–Crippen LogP) is 3.80. The minimum atomic E-state index is -0.297. The van der Waals surface area contributed by atoms with E-state index in [-0.39, 0.29) is 24.2 Å². The van der Waals surface area contributed by atoms with Crippen LogP contribution in [0.1, 0.15) is 28.7 Å². The van der Waals surface area contributed by atoms with Crippen LogP contribution in [0.25, 0.3) is 10.9 Å². The number of aryl methyl sites for hydroxylation is 3. The average molecular weight is 389 g/mol. The summed E-state index contributed by atoms with van der Waals surface area (Å²) in [5.74, 6) is -0.324. The molecule has 29 heavy (non-hydrogen) atoms. The molecule has 1 aliphatic rings. The van der Waals surface area contributed by atoms with Crippen molar-refractivity contribution in [2.24, 2.45) is 5.92 Å². The number of H-pyrrole nitrogens is 1.